The largest absolute Gasteiger partial charge is 0.338 e. The monoisotopic (exact) mass is 286 g/mol. The molecule has 1 aliphatic heterocycles. The molecular weight excluding hydrogens is 269 g/mol. The average molecular weight is 286 g/mol. The van der Waals surface area contributed by atoms with Crippen molar-refractivity contribution in [1.29, 1.82) is 0 Å². The first-order valence-corrected chi connectivity index (χ1v) is 6.57. The fraction of sp³-hybridized carbons (Fsp3) is 0.500. The van der Waals surface area contributed by atoms with Gasteiger partial charge in [-0.1, -0.05) is 0 Å². The molecule has 6 heteroatoms. The van der Waals surface area contributed by atoms with Gasteiger partial charge in [-0.3, -0.25) is 4.79 Å². The first-order valence-electron chi connectivity index (χ1n) is 6.57. The van der Waals surface area contributed by atoms with Crippen molar-refractivity contribution in [3.05, 3.63) is 35.1 Å². The van der Waals surface area contributed by atoms with E-state index in [1.54, 1.807) is 13.8 Å². The number of amides is 1. The van der Waals surface area contributed by atoms with Gasteiger partial charge in [0.05, 0.1) is 6.04 Å². The van der Waals surface area contributed by atoms with Crippen LogP contribution in [0.4, 0.5) is 13.2 Å². The number of halogens is 3. The summed E-state index contributed by atoms with van der Waals surface area (Å²) in [6, 6.07) is 0.357. The highest BCUT2D eigenvalue weighted by Gasteiger charge is 2.39. The van der Waals surface area contributed by atoms with E-state index in [0.29, 0.717) is 12.6 Å². The lowest BCUT2D eigenvalue weighted by Crippen LogP contribution is -2.55. The van der Waals surface area contributed by atoms with Crippen LogP contribution >= 0.6 is 0 Å². The van der Waals surface area contributed by atoms with E-state index >= 15 is 0 Å². The van der Waals surface area contributed by atoms with Gasteiger partial charge >= 0.3 is 0 Å². The topological polar surface area (TPSA) is 46.3 Å². The number of likely N-dealkylation sites (tertiary alicyclic amines) is 1. The van der Waals surface area contributed by atoms with Crippen LogP contribution in [0.25, 0.3) is 0 Å². The Hall–Kier alpha value is -1.56. The van der Waals surface area contributed by atoms with E-state index in [4.69, 9.17) is 5.73 Å². The normalized spacial score (nSPS) is 27.0. The van der Waals surface area contributed by atoms with Crippen LogP contribution in [0.3, 0.4) is 0 Å². The molecule has 0 radical (unpaired) electrons. The Morgan fingerprint density at radius 1 is 1.35 bits per heavy atom. The lowest BCUT2D eigenvalue weighted by atomic mass is 9.81. The Labute approximate surface area is 115 Å². The molecule has 2 N–H and O–H groups in total. The summed E-state index contributed by atoms with van der Waals surface area (Å²) in [7, 11) is 0. The van der Waals surface area contributed by atoms with Crippen LogP contribution in [-0.4, -0.2) is 29.4 Å². The molecule has 1 aromatic rings. The van der Waals surface area contributed by atoms with Gasteiger partial charge < -0.3 is 10.6 Å². The van der Waals surface area contributed by atoms with Gasteiger partial charge in [-0.15, -0.1) is 0 Å². The molecular formula is C14H17F3N2O. The number of carbonyl (C=O) groups excluding carboxylic acids is 1. The highest BCUT2D eigenvalue weighted by Crippen LogP contribution is 2.35. The summed E-state index contributed by atoms with van der Waals surface area (Å²) in [6.07, 6.45) is 0.177. The van der Waals surface area contributed by atoms with Crippen LogP contribution in [0.1, 0.15) is 31.7 Å². The molecule has 1 fully saturated rings. The number of hydrogen-bond donors (Lipinski definition) is 1. The van der Waals surface area contributed by atoms with Gasteiger partial charge in [0.2, 0.25) is 5.91 Å². The van der Waals surface area contributed by atoms with Crippen molar-refractivity contribution in [3.63, 3.8) is 0 Å². The van der Waals surface area contributed by atoms with Gasteiger partial charge in [0.15, 0.2) is 11.6 Å². The second-order valence-electron chi connectivity index (χ2n) is 5.10. The quantitative estimate of drug-likeness (QED) is 0.847. The standard InChI is InChI=1S/C14H17F3N2O/c1-3-19-7(2)9(6-12(18)14(19)20)10-4-8(15)5-11(16)13(10)17/h4-5,7,9,12H,3,6,18H2,1-2H3/t7-,9-,12+/m1/s1. The number of likely N-dealkylation sites (N-methyl/N-ethyl adjacent to an activating group) is 1. The van der Waals surface area contributed by atoms with Crippen molar-refractivity contribution < 1.29 is 18.0 Å². The molecule has 110 valence electrons. The van der Waals surface area contributed by atoms with Gasteiger partial charge in [-0.25, -0.2) is 13.2 Å². The van der Waals surface area contributed by atoms with Crippen LogP contribution in [0, 0.1) is 17.5 Å². The minimum absolute atomic E-state index is 0.0589. The molecule has 2 rings (SSSR count). The molecule has 0 aromatic heterocycles. The van der Waals surface area contributed by atoms with E-state index in [1.165, 1.54) is 4.90 Å². The first kappa shape index (κ1) is 14.8. The molecule has 0 bridgehead atoms. The Bertz CT molecular complexity index is 535. The number of rotatable bonds is 2. The van der Waals surface area contributed by atoms with Gasteiger partial charge in [0.25, 0.3) is 0 Å². The zero-order valence-corrected chi connectivity index (χ0v) is 11.4. The zero-order valence-electron chi connectivity index (χ0n) is 11.4. The third-order valence-electron chi connectivity index (χ3n) is 3.94. The SMILES string of the molecule is CCN1C(=O)[C@@H](N)C[C@@H](c2cc(F)cc(F)c2F)[C@H]1C. The number of nitrogens with zero attached hydrogens (tertiary/aromatic N) is 1. The van der Waals surface area contributed by atoms with E-state index in [0.717, 1.165) is 6.07 Å². The Balaban J connectivity index is 2.44. The summed E-state index contributed by atoms with van der Waals surface area (Å²) in [5.74, 6) is -3.86. The molecule has 0 spiro atoms. The smallest absolute Gasteiger partial charge is 0.239 e. The summed E-state index contributed by atoms with van der Waals surface area (Å²) in [5, 5.41) is 0. The highest BCUT2D eigenvalue weighted by molar-refractivity contribution is 5.83. The molecule has 1 amide bonds. The van der Waals surface area contributed by atoms with E-state index in [-0.39, 0.29) is 23.9 Å². The van der Waals surface area contributed by atoms with E-state index in [9.17, 15) is 18.0 Å². The molecule has 3 nitrogen and oxygen atoms in total. The third-order valence-corrected chi connectivity index (χ3v) is 3.94. The minimum Gasteiger partial charge on any atom is -0.338 e. The zero-order chi connectivity index (χ0) is 15.0. The van der Waals surface area contributed by atoms with Crippen molar-refractivity contribution in [3.8, 4) is 0 Å². The van der Waals surface area contributed by atoms with Gasteiger partial charge in [-0.05, 0) is 31.9 Å². The lowest BCUT2D eigenvalue weighted by Gasteiger charge is -2.41. The Morgan fingerprint density at radius 3 is 2.60 bits per heavy atom. The summed E-state index contributed by atoms with van der Waals surface area (Å²) >= 11 is 0. The molecule has 0 aliphatic carbocycles. The molecule has 3 atom stereocenters. The fourth-order valence-corrected chi connectivity index (χ4v) is 2.88. The molecule has 0 saturated carbocycles. The maximum Gasteiger partial charge on any atom is 0.239 e. The number of nitrogens with two attached hydrogens (primary N) is 1. The van der Waals surface area contributed by atoms with Gasteiger partial charge in [-0.2, -0.15) is 0 Å². The predicted octanol–water partition coefficient (Wildman–Crippen LogP) is 2.16. The van der Waals surface area contributed by atoms with Crippen molar-refractivity contribution in [2.45, 2.75) is 38.3 Å². The first-order chi connectivity index (χ1) is 9.36. The van der Waals surface area contributed by atoms with Crippen molar-refractivity contribution >= 4 is 5.91 Å². The molecule has 1 aromatic carbocycles. The number of carbonyl (C=O) groups is 1. The van der Waals surface area contributed by atoms with Gasteiger partial charge in [0, 0.05) is 24.6 Å². The summed E-state index contributed by atoms with van der Waals surface area (Å²) in [4.78, 5) is 13.4. The fourth-order valence-electron chi connectivity index (χ4n) is 2.88. The second-order valence-corrected chi connectivity index (χ2v) is 5.10. The van der Waals surface area contributed by atoms with Crippen molar-refractivity contribution in [2.24, 2.45) is 5.73 Å². The van der Waals surface area contributed by atoms with Crippen LogP contribution in [0.15, 0.2) is 12.1 Å². The molecule has 1 heterocycles. The van der Waals surface area contributed by atoms with Crippen LogP contribution in [-0.2, 0) is 4.79 Å². The highest BCUT2D eigenvalue weighted by atomic mass is 19.2. The van der Waals surface area contributed by atoms with E-state index in [2.05, 4.69) is 0 Å². The minimum atomic E-state index is -1.22. The molecule has 1 saturated heterocycles. The van der Waals surface area contributed by atoms with E-state index < -0.39 is 29.4 Å². The van der Waals surface area contributed by atoms with Crippen LogP contribution in [0.2, 0.25) is 0 Å². The van der Waals surface area contributed by atoms with Crippen LogP contribution < -0.4 is 5.73 Å². The van der Waals surface area contributed by atoms with E-state index in [1.807, 2.05) is 0 Å². The average Bonchev–Trinajstić information content (AvgIpc) is 2.39. The summed E-state index contributed by atoms with van der Waals surface area (Å²) < 4.78 is 40.6. The summed E-state index contributed by atoms with van der Waals surface area (Å²) in [6.45, 7) is 3.94. The maximum atomic E-state index is 13.9. The number of benzene rings is 1. The Morgan fingerprint density at radius 2 is 2.00 bits per heavy atom. The summed E-state index contributed by atoms with van der Waals surface area (Å²) in [5.41, 5.74) is 5.70. The second kappa shape index (κ2) is 5.44. The Kier molecular flexibility index (Phi) is 4.04. The molecule has 20 heavy (non-hydrogen) atoms. The van der Waals surface area contributed by atoms with Crippen LogP contribution in [0.5, 0.6) is 0 Å². The number of piperidine rings is 1. The lowest BCUT2D eigenvalue weighted by molar-refractivity contribution is -0.138. The molecule has 0 unspecified atom stereocenters. The predicted molar refractivity (Wildman–Crippen MR) is 68.5 cm³/mol. The maximum absolute atomic E-state index is 13.9. The third kappa shape index (κ3) is 2.40. The number of hydrogen-bond acceptors (Lipinski definition) is 2. The molecule has 1 aliphatic rings. The van der Waals surface area contributed by atoms with Crippen molar-refractivity contribution in [1.82, 2.24) is 4.90 Å². The van der Waals surface area contributed by atoms with Crippen molar-refractivity contribution in [2.75, 3.05) is 6.54 Å². The van der Waals surface area contributed by atoms with Gasteiger partial charge in [0.1, 0.15) is 5.82 Å².